The van der Waals surface area contributed by atoms with Gasteiger partial charge in [-0.15, -0.1) is 0 Å². The SMILES string of the molecule is CCN[Si](C)(C)OCC(=O)O. The third-order valence-corrected chi connectivity index (χ3v) is 3.23. The summed E-state index contributed by atoms with van der Waals surface area (Å²) < 4.78 is 5.16. The molecule has 0 aromatic heterocycles. The van der Waals surface area contributed by atoms with Gasteiger partial charge >= 0.3 is 5.97 Å². The van der Waals surface area contributed by atoms with Gasteiger partial charge in [-0.2, -0.15) is 0 Å². The summed E-state index contributed by atoms with van der Waals surface area (Å²) in [6.07, 6.45) is 0. The summed E-state index contributed by atoms with van der Waals surface area (Å²) in [5.74, 6) is -0.913. The van der Waals surface area contributed by atoms with Crippen LogP contribution in [0.25, 0.3) is 0 Å². The maximum Gasteiger partial charge on any atom is 0.328 e. The van der Waals surface area contributed by atoms with Gasteiger partial charge in [0.25, 0.3) is 8.48 Å². The first-order valence-corrected chi connectivity index (χ1v) is 6.49. The minimum Gasteiger partial charge on any atom is -0.480 e. The van der Waals surface area contributed by atoms with Crippen LogP contribution in [0.5, 0.6) is 0 Å². The van der Waals surface area contributed by atoms with E-state index >= 15 is 0 Å². The van der Waals surface area contributed by atoms with Crippen molar-refractivity contribution in [2.75, 3.05) is 13.2 Å². The molecule has 0 fully saturated rings. The van der Waals surface area contributed by atoms with Crippen LogP contribution in [-0.2, 0) is 9.22 Å². The number of carboxylic acids is 1. The van der Waals surface area contributed by atoms with E-state index < -0.39 is 14.4 Å². The average Bonchev–Trinajstić information content (AvgIpc) is 1.84. The summed E-state index contributed by atoms with van der Waals surface area (Å²) in [6.45, 7) is 6.45. The third kappa shape index (κ3) is 6.02. The van der Waals surface area contributed by atoms with Crippen molar-refractivity contribution in [3.8, 4) is 0 Å². The van der Waals surface area contributed by atoms with Gasteiger partial charge < -0.3 is 14.5 Å². The zero-order valence-electron chi connectivity index (χ0n) is 7.18. The molecule has 0 saturated heterocycles. The molecule has 0 aliphatic carbocycles. The van der Waals surface area contributed by atoms with E-state index in [1.54, 1.807) is 0 Å². The molecule has 0 unspecified atom stereocenters. The highest BCUT2D eigenvalue weighted by atomic mass is 28.4. The average molecular weight is 177 g/mol. The Kier molecular flexibility index (Phi) is 4.32. The summed E-state index contributed by atoms with van der Waals surface area (Å²) in [4.78, 5) is 13.3. The van der Waals surface area contributed by atoms with Crippen LogP contribution in [0.2, 0.25) is 13.1 Å². The fourth-order valence-corrected chi connectivity index (χ4v) is 2.16. The molecule has 0 aromatic rings. The summed E-state index contributed by atoms with van der Waals surface area (Å²) in [7, 11) is -1.90. The number of carboxylic acid groups (broad SMARTS) is 1. The number of aliphatic carboxylic acids is 1. The Morgan fingerprint density at radius 3 is 2.55 bits per heavy atom. The van der Waals surface area contributed by atoms with Crippen LogP contribution in [0.4, 0.5) is 0 Å². The van der Waals surface area contributed by atoms with Crippen LogP contribution in [0.3, 0.4) is 0 Å². The van der Waals surface area contributed by atoms with Crippen molar-refractivity contribution in [2.45, 2.75) is 20.0 Å². The highest BCUT2D eigenvalue weighted by Crippen LogP contribution is 1.97. The van der Waals surface area contributed by atoms with Crippen molar-refractivity contribution < 1.29 is 14.3 Å². The zero-order chi connectivity index (χ0) is 8.91. The lowest BCUT2D eigenvalue weighted by Crippen LogP contribution is -2.48. The standard InChI is InChI=1S/C6H15NO3Si/c1-4-7-11(2,3)10-5-6(8)9/h7H,4-5H2,1-3H3,(H,8,9). The molecule has 0 rings (SSSR count). The third-order valence-electron chi connectivity index (χ3n) is 1.16. The molecule has 0 heterocycles. The van der Waals surface area contributed by atoms with Crippen molar-refractivity contribution >= 4 is 14.4 Å². The zero-order valence-corrected chi connectivity index (χ0v) is 8.18. The van der Waals surface area contributed by atoms with Crippen LogP contribution in [0.1, 0.15) is 6.92 Å². The Balaban J connectivity index is 3.63. The normalized spacial score (nSPS) is 11.5. The number of hydrogen-bond acceptors (Lipinski definition) is 3. The Bertz CT molecular complexity index is 138. The van der Waals surface area contributed by atoms with Crippen molar-refractivity contribution in [3.63, 3.8) is 0 Å². The lowest BCUT2D eigenvalue weighted by Gasteiger charge is -2.21. The molecule has 0 atom stereocenters. The molecule has 0 amide bonds. The van der Waals surface area contributed by atoms with Gasteiger partial charge in [0.2, 0.25) is 0 Å². The molecule has 66 valence electrons. The van der Waals surface area contributed by atoms with Gasteiger partial charge in [0, 0.05) is 0 Å². The first kappa shape index (κ1) is 10.6. The molecule has 0 spiro atoms. The van der Waals surface area contributed by atoms with Crippen molar-refractivity contribution in [1.82, 2.24) is 4.98 Å². The second kappa shape index (κ2) is 4.48. The topological polar surface area (TPSA) is 58.6 Å². The molecule has 0 bridgehead atoms. The largest absolute Gasteiger partial charge is 0.480 e. The van der Waals surface area contributed by atoms with Crippen LogP contribution in [0.15, 0.2) is 0 Å². The van der Waals surface area contributed by atoms with Gasteiger partial charge in [0.1, 0.15) is 6.61 Å². The Morgan fingerprint density at radius 2 is 2.18 bits per heavy atom. The Hall–Kier alpha value is -0.393. The predicted molar refractivity (Wildman–Crippen MR) is 44.7 cm³/mol. The summed E-state index contributed by atoms with van der Waals surface area (Å²) in [5.41, 5.74) is 0. The van der Waals surface area contributed by atoms with Crippen LogP contribution >= 0.6 is 0 Å². The van der Waals surface area contributed by atoms with Gasteiger partial charge in [-0.1, -0.05) is 6.92 Å². The molecule has 2 N–H and O–H groups in total. The number of carbonyl (C=O) groups is 1. The molecule has 5 heteroatoms. The van der Waals surface area contributed by atoms with E-state index in [0.29, 0.717) is 0 Å². The number of hydrogen-bond donors (Lipinski definition) is 2. The molecular formula is C6H15NO3Si. The van der Waals surface area contributed by atoms with E-state index in [9.17, 15) is 4.79 Å². The molecule has 0 aliphatic heterocycles. The lowest BCUT2D eigenvalue weighted by molar-refractivity contribution is -0.139. The van der Waals surface area contributed by atoms with E-state index in [1.165, 1.54) is 0 Å². The Morgan fingerprint density at radius 1 is 1.64 bits per heavy atom. The van der Waals surface area contributed by atoms with Crippen LogP contribution < -0.4 is 4.98 Å². The van der Waals surface area contributed by atoms with Crippen LogP contribution in [0, 0.1) is 0 Å². The van der Waals surface area contributed by atoms with Gasteiger partial charge in [-0.25, -0.2) is 4.79 Å². The number of nitrogens with one attached hydrogen (secondary N) is 1. The molecule has 0 aromatic carbocycles. The quantitative estimate of drug-likeness (QED) is 0.597. The maximum absolute atomic E-state index is 10.1. The van der Waals surface area contributed by atoms with Crippen molar-refractivity contribution in [1.29, 1.82) is 0 Å². The minimum atomic E-state index is -1.90. The molecule has 0 aliphatic rings. The minimum absolute atomic E-state index is 0.202. The monoisotopic (exact) mass is 177 g/mol. The van der Waals surface area contributed by atoms with E-state index in [2.05, 4.69) is 4.98 Å². The van der Waals surface area contributed by atoms with Crippen molar-refractivity contribution in [3.05, 3.63) is 0 Å². The van der Waals surface area contributed by atoms with E-state index in [4.69, 9.17) is 9.53 Å². The summed E-state index contributed by atoms with van der Waals surface area (Å²) in [5, 5.41) is 8.31. The van der Waals surface area contributed by atoms with Gasteiger partial charge in [-0.3, -0.25) is 0 Å². The molecular weight excluding hydrogens is 162 g/mol. The predicted octanol–water partition coefficient (Wildman–Crippen LogP) is 0.399. The highest BCUT2D eigenvalue weighted by Gasteiger charge is 2.21. The van der Waals surface area contributed by atoms with E-state index in [-0.39, 0.29) is 6.61 Å². The summed E-state index contributed by atoms with van der Waals surface area (Å²) in [6, 6.07) is 0. The first-order valence-electron chi connectivity index (χ1n) is 3.58. The van der Waals surface area contributed by atoms with E-state index in [0.717, 1.165) is 6.54 Å². The molecule has 0 radical (unpaired) electrons. The molecule has 0 saturated carbocycles. The van der Waals surface area contributed by atoms with E-state index in [1.807, 2.05) is 20.0 Å². The van der Waals surface area contributed by atoms with Gasteiger partial charge in [0.05, 0.1) is 0 Å². The smallest absolute Gasteiger partial charge is 0.328 e. The van der Waals surface area contributed by atoms with Crippen LogP contribution in [-0.4, -0.2) is 32.7 Å². The lowest BCUT2D eigenvalue weighted by atomic mass is 10.8. The second-order valence-corrected chi connectivity index (χ2v) is 6.39. The fraction of sp³-hybridized carbons (Fsp3) is 0.833. The maximum atomic E-state index is 10.1. The molecule has 11 heavy (non-hydrogen) atoms. The van der Waals surface area contributed by atoms with Crippen molar-refractivity contribution in [2.24, 2.45) is 0 Å². The molecule has 4 nitrogen and oxygen atoms in total. The Labute approximate surface area is 67.8 Å². The van der Waals surface area contributed by atoms with Gasteiger partial charge in [0.15, 0.2) is 0 Å². The summed E-state index contributed by atoms with van der Waals surface area (Å²) >= 11 is 0. The number of rotatable bonds is 5. The first-order chi connectivity index (χ1) is 4.98. The highest BCUT2D eigenvalue weighted by molar-refractivity contribution is 6.68. The van der Waals surface area contributed by atoms with Gasteiger partial charge in [-0.05, 0) is 19.6 Å². The fourth-order valence-electron chi connectivity index (χ4n) is 0.719. The second-order valence-electron chi connectivity index (χ2n) is 2.72.